The van der Waals surface area contributed by atoms with E-state index in [1.54, 1.807) is 6.33 Å². The number of anilines is 1. The summed E-state index contributed by atoms with van der Waals surface area (Å²) < 4.78 is 0. The Labute approximate surface area is 82.8 Å². The van der Waals surface area contributed by atoms with Crippen LogP contribution in [0.5, 0.6) is 0 Å². The van der Waals surface area contributed by atoms with Crippen LogP contribution in [0.3, 0.4) is 0 Å². The Morgan fingerprint density at radius 3 is 3.14 bits per heavy atom. The Kier molecular flexibility index (Phi) is 2.35. The number of rotatable bonds is 3. The minimum atomic E-state index is 0.433. The molecular weight excluding hydrogens is 176 g/mol. The number of H-pyrrole nitrogens is 1. The highest BCUT2D eigenvalue weighted by Crippen LogP contribution is 2.18. The number of aromatic amines is 1. The molecule has 2 N–H and O–H groups in total. The number of nitrogens with one attached hydrogen (secondary N) is 2. The van der Waals surface area contributed by atoms with Crippen molar-refractivity contribution in [1.29, 1.82) is 0 Å². The van der Waals surface area contributed by atoms with Crippen LogP contribution >= 0.6 is 0 Å². The van der Waals surface area contributed by atoms with E-state index >= 15 is 0 Å². The molecule has 4 heteroatoms. The molecule has 2 aromatic rings. The second kappa shape index (κ2) is 3.65. The van der Waals surface area contributed by atoms with Crippen molar-refractivity contribution in [3.63, 3.8) is 0 Å². The average Bonchev–Trinajstić information content (AvgIpc) is 2.66. The summed E-state index contributed by atoms with van der Waals surface area (Å²) in [5.74, 6) is 0.908. The minimum Gasteiger partial charge on any atom is -0.367 e. The number of aromatic nitrogens is 3. The lowest BCUT2D eigenvalue weighted by Gasteiger charge is -2.11. The van der Waals surface area contributed by atoms with Gasteiger partial charge in [-0.25, -0.2) is 9.97 Å². The van der Waals surface area contributed by atoms with Gasteiger partial charge >= 0.3 is 0 Å². The molecule has 1 atom stereocenters. The van der Waals surface area contributed by atoms with Crippen molar-refractivity contribution in [2.75, 3.05) is 5.32 Å². The van der Waals surface area contributed by atoms with Gasteiger partial charge < -0.3 is 10.3 Å². The van der Waals surface area contributed by atoms with Gasteiger partial charge in [-0.3, -0.25) is 0 Å². The van der Waals surface area contributed by atoms with E-state index in [4.69, 9.17) is 0 Å². The molecule has 4 nitrogen and oxygen atoms in total. The molecular formula is C10H14N4. The van der Waals surface area contributed by atoms with Crippen molar-refractivity contribution in [3.8, 4) is 0 Å². The lowest BCUT2D eigenvalue weighted by Crippen LogP contribution is -2.14. The van der Waals surface area contributed by atoms with Crippen molar-refractivity contribution in [1.82, 2.24) is 15.0 Å². The first kappa shape index (κ1) is 8.99. The summed E-state index contributed by atoms with van der Waals surface area (Å²) in [7, 11) is 0. The molecule has 14 heavy (non-hydrogen) atoms. The molecule has 0 aliphatic carbocycles. The zero-order chi connectivity index (χ0) is 9.97. The van der Waals surface area contributed by atoms with Crippen LogP contribution < -0.4 is 5.32 Å². The molecule has 2 heterocycles. The lowest BCUT2D eigenvalue weighted by atomic mass is 10.2. The Morgan fingerprint density at radius 2 is 2.36 bits per heavy atom. The molecule has 0 unspecified atom stereocenters. The lowest BCUT2D eigenvalue weighted by molar-refractivity contribution is 0.760. The normalized spacial score (nSPS) is 13.0. The first-order chi connectivity index (χ1) is 6.81. The highest BCUT2D eigenvalue weighted by atomic mass is 15.0. The molecule has 74 valence electrons. The predicted octanol–water partition coefficient (Wildman–Crippen LogP) is 2.17. The highest BCUT2D eigenvalue weighted by molar-refractivity contribution is 5.86. The summed E-state index contributed by atoms with van der Waals surface area (Å²) in [5, 5.41) is 4.40. The third-order valence-electron chi connectivity index (χ3n) is 2.35. The fraction of sp³-hybridized carbons (Fsp3) is 0.400. The first-order valence-electron chi connectivity index (χ1n) is 4.86. The number of fused-ring (bicyclic) bond motifs is 1. The van der Waals surface area contributed by atoms with Crippen molar-refractivity contribution >= 4 is 16.9 Å². The zero-order valence-electron chi connectivity index (χ0n) is 8.41. The van der Waals surface area contributed by atoms with Gasteiger partial charge in [-0.15, -0.1) is 0 Å². The predicted molar refractivity (Wildman–Crippen MR) is 57.3 cm³/mol. The third kappa shape index (κ3) is 1.55. The monoisotopic (exact) mass is 190 g/mol. The minimum absolute atomic E-state index is 0.433. The number of hydrogen-bond donors (Lipinski definition) is 2. The summed E-state index contributed by atoms with van der Waals surface area (Å²) in [6.07, 6.45) is 4.53. The van der Waals surface area contributed by atoms with Crippen LogP contribution in [0.2, 0.25) is 0 Å². The van der Waals surface area contributed by atoms with E-state index in [2.05, 4.69) is 34.1 Å². The molecule has 2 rings (SSSR count). The van der Waals surface area contributed by atoms with E-state index in [0.29, 0.717) is 6.04 Å². The molecule has 0 spiro atoms. The van der Waals surface area contributed by atoms with Crippen LogP contribution in [0.4, 0.5) is 5.82 Å². The smallest absolute Gasteiger partial charge is 0.142 e. The van der Waals surface area contributed by atoms with E-state index in [-0.39, 0.29) is 0 Å². The van der Waals surface area contributed by atoms with Gasteiger partial charge in [0.1, 0.15) is 17.8 Å². The Bertz CT molecular complexity index is 421. The third-order valence-corrected chi connectivity index (χ3v) is 2.35. The quantitative estimate of drug-likeness (QED) is 0.779. The fourth-order valence-electron chi connectivity index (χ4n) is 1.32. The van der Waals surface area contributed by atoms with Crippen LogP contribution in [0.1, 0.15) is 20.3 Å². The van der Waals surface area contributed by atoms with Gasteiger partial charge in [0.05, 0.1) is 5.39 Å². The molecule has 0 aliphatic heterocycles. The fourth-order valence-corrected chi connectivity index (χ4v) is 1.32. The molecule has 0 radical (unpaired) electrons. The van der Waals surface area contributed by atoms with E-state index in [1.807, 2.05) is 12.3 Å². The molecule has 0 amide bonds. The second-order valence-electron chi connectivity index (χ2n) is 3.42. The van der Waals surface area contributed by atoms with E-state index in [1.165, 1.54) is 0 Å². The van der Waals surface area contributed by atoms with Gasteiger partial charge in [0, 0.05) is 12.2 Å². The van der Waals surface area contributed by atoms with Gasteiger partial charge in [0.25, 0.3) is 0 Å². The van der Waals surface area contributed by atoms with Gasteiger partial charge in [-0.1, -0.05) is 6.92 Å². The van der Waals surface area contributed by atoms with Crippen molar-refractivity contribution in [2.45, 2.75) is 26.3 Å². The number of nitrogens with zero attached hydrogens (tertiary/aromatic N) is 2. The zero-order valence-corrected chi connectivity index (χ0v) is 8.41. The Balaban J connectivity index is 2.36. The van der Waals surface area contributed by atoms with Crippen LogP contribution in [-0.4, -0.2) is 21.0 Å². The summed E-state index contributed by atoms with van der Waals surface area (Å²) in [4.78, 5) is 11.4. The summed E-state index contributed by atoms with van der Waals surface area (Å²) in [5.41, 5.74) is 0.880. The second-order valence-corrected chi connectivity index (χ2v) is 3.42. The van der Waals surface area contributed by atoms with E-state index in [9.17, 15) is 0 Å². The topological polar surface area (TPSA) is 53.6 Å². The van der Waals surface area contributed by atoms with Crippen molar-refractivity contribution in [3.05, 3.63) is 18.6 Å². The average molecular weight is 190 g/mol. The number of hydrogen-bond acceptors (Lipinski definition) is 3. The molecule has 0 saturated carbocycles. The highest BCUT2D eigenvalue weighted by Gasteiger charge is 2.05. The summed E-state index contributed by atoms with van der Waals surface area (Å²) in [6, 6.07) is 2.42. The Morgan fingerprint density at radius 1 is 1.50 bits per heavy atom. The molecule has 0 fully saturated rings. The molecule has 0 aromatic carbocycles. The SMILES string of the molecule is CC[C@H](C)Nc1ncnc2[nH]ccc12. The van der Waals surface area contributed by atoms with Crippen molar-refractivity contribution < 1.29 is 0 Å². The summed E-state index contributed by atoms with van der Waals surface area (Å²) in [6.45, 7) is 4.29. The Hall–Kier alpha value is -1.58. The van der Waals surface area contributed by atoms with Gasteiger partial charge in [-0.05, 0) is 19.4 Å². The van der Waals surface area contributed by atoms with Crippen LogP contribution in [0.25, 0.3) is 11.0 Å². The largest absolute Gasteiger partial charge is 0.367 e. The molecule has 0 bridgehead atoms. The first-order valence-corrected chi connectivity index (χ1v) is 4.86. The van der Waals surface area contributed by atoms with Gasteiger partial charge in [0.15, 0.2) is 0 Å². The van der Waals surface area contributed by atoms with Crippen LogP contribution in [0, 0.1) is 0 Å². The van der Waals surface area contributed by atoms with Crippen molar-refractivity contribution in [2.24, 2.45) is 0 Å². The van der Waals surface area contributed by atoms with E-state index in [0.717, 1.165) is 23.3 Å². The van der Waals surface area contributed by atoms with Crippen LogP contribution in [0.15, 0.2) is 18.6 Å². The molecule has 2 aromatic heterocycles. The van der Waals surface area contributed by atoms with Crippen LogP contribution in [-0.2, 0) is 0 Å². The molecule has 0 saturated heterocycles. The van der Waals surface area contributed by atoms with E-state index < -0.39 is 0 Å². The summed E-state index contributed by atoms with van der Waals surface area (Å²) >= 11 is 0. The maximum atomic E-state index is 4.22. The van der Waals surface area contributed by atoms with Gasteiger partial charge in [0.2, 0.25) is 0 Å². The maximum Gasteiger partial charge on any atom is 0.142 e. The standard InChI is InChI=1S/C10H14N4/c1-3-7(2)14-10-8-4-5-11-9(8)12-6-13-10/h4-7H,3H2,1-2H3,(H2,11,12,13,14)/t7-/m0/s1. The molecule has 0 aliphatic rings. The maximum absolute atomic E-state index is 4.22. The van der Waals surface area contributed by atoms with Gasteiger partial charge in [-0.2, -0.15) is 0 Å².